The molecule has 0 bridgehead atoms. The van der Waals surface area contributed by atoms with Gasteiger partial charge < -0.3 is 10.2 Å². The van der Waals surface area contributed by atoms with Crippen LogP contribution in [0.4, 0.5) is 5.82 Å². The summed E-state index contributed by atoms with van der Waals surface area (Å²) in [7, 11) is 0. The predicted octanol–water partition coefficient (Wildman–Crippen LogP) is 0.837. The van der Waals surface area contributed by atoms with E-state index in [-0.39, 0.29) is 24.3 Å². The number of carbonyl (C=O) groups excluding carboxylic acids is 1. The van der Waals surface area contributed by atoms with Crippen molar-refractivity contribution in [2.45, 2.75) is 31.7 Å². The van der Waals surface area contributed by atoms with Gasteiger partial charge in [-0.05, 0) is 36.8 Å². The molecule has 2 heterocycles. The molecule has 1 aliphatic carbocycles. The third-order valence-corrected chi connectivity index (χ3v) is 3.87. The summed E-state index contributed by atoms with van der Waals surface area (Å²) in [6.45, 7) is 0.189. The third-order valence-electron chi connectivity index (χ3n) is 3.87. The van der Waals surface area contributed by atoms with Crippen molar-refractivity contribution in [3.63, 3.8) is 0 Å². The molecule has 96 valence electrons. The highest BCUT2D eigenvalue weighted by atomic mass is 16.3. The largest absolute Gasteiger partial charge is 0.506 e. The number of fused-ring (bicyclic) bond motifs is 1. The first kappa shape index (κ1) is 11.5. The number of aliphatic hydroxyl groups excluding tert-OH is 1. The lowest BCUT2D eigenvalue weighted by Crippen LogP contribution is -2.51. The predicted molar refractivity (Wildman–Crippen MR) is 65.3 cm³/mol. The van der Waals surface area contributed by atoms with Gasteiger partial charge >= 0.3 is 0 Å². The van der Waals surface area contributed by atoms with Gasteiger partial charge in [0.15, 0.2) is 0 Å². The first-order chi connectivity index (χ1) is 8.69. The number of rotatable bonds is 2. The van der Waals surface area contributed by atoms with Crippen LogP contribution in [0.5, 0.6) is 5.75 Å². The average molecular weight is 248 g/mol. The molecule has 0 radical (unpaired) electrons. The maximum atomic E-state index is 12.0. The molecule has 1 amide bonds. The number of amides is 1. The first-order valence-corrected chi connectivity index (χ1v) is 6.30. The van der Waals surface area contributed by atoms with Gasteiger partial charge in [-0.3, -0.25) is 9.69 Å². The van der Waals surface area contributed by atoms with Crippen LogP contribution in [-0.4, -0.2) is 33.8 Å². The van der Waals surface area contributed by atoms with Crippen LogP contribution in [-0.2, 0) is 11.2 Å². The molecule has 5 nitrogen and oxygen atoms in total. The quantitative estimate of drug-likeness (QED) is 0.813. The second-order valence-electron chi connectivity index (χ2n) is 5.11. The van der Waals surface area contributed by atoms with Gasteiger partial charge in [-0.1, -0.05) is 0 Å². The molecule has 0 aromatic carbocycles. The fraction of sp³-hybridized carbons (Fsp3) is 0.538. The lowest BCUT2D eigenvalue weighted by Gasteiger charge is -2.43. The van der Waals surface area contributed by atoms with Gasteiger partial charge in [-0.25, -0.2) is 4.98 Å². The van der Waals surface area contributed by atoms with Crippen LogP contribution in [0.15, 0.2) is 12.3 Å². The van der Waals surface area contributed by atoms with Gasteiger partial charge in [0.25, 0.3) is 0 Å². The number of hydrogen-bond donors (Lipinski definition) is 2. The highest BCUT2D eigenvalue weighted by Gasteiger charge is 2.39. The fourth-order valence-electron chi connectivity index (χ4n) is 2.81. The summed E-state index contributed by atoms with van der Waals surface area (Å²) in [6.07, 6.45) is 4.17. The Labute approximate surface area is 105 Å². The highest BCUT2D eigenvalue weighted by molar-refractivity contribution is 5.96. The van der Waals surface area contributed by atoms with Gasteiger partial charge in [0.1, 0.15) is 11.6 Å². The maximum Gasteiger partial charge on any atom is 0.228 e. The summed E-state index contributed by atoms with van der Waals surface area (Å²) in [5, 5.41) is 18.5. The van der Waals surface area contributed by atoms with Crippen LogP contribution in [0.3, 0.4) is 0 Å². The SMILES string of the molecule is O=C1CCc2cc(O)cnc2N1C1CC(CO)C1. The van der Waals surface area contributed by atoms with Gasteiger partial charge in [0.2, 0.25) is 5.91 Å². The van der Waals surface area contributed by atoms with Crippen LogP contribution in [0, 0.1) is 5.92 Å². The zero-order chi connectivity index (χ0) is 12.7. The monoisotopic (exact) mass is 248 g/mol. The molecule has 1 saturated carbocycles. The van der Waals surface area contributed by atoms with Crippen molar-refractivity contribution in [1.82, 2.24) is 4.98 Å². The second-order valence-corrected chi connectivity index (χ2v) is 5.11. The molecule has 5 heteroatoms. The minimum atomic E-state index is 0.0991. The molecular formula is C13H16N2O3. The number of pyridine rings is 1. The Bertz CT molecular complexity index is 483. The Morgan fingerprint density at radius 3 is 2.89 bits per heavy atom. The van der Waals surface area contributed by atoms with Crippen LogP contribution < -0.4 is 4.90 Å². The molecule has 3 rings (SSSR count). The number of aliphatic hydroxyl groups is 1. The summed E-state index contributed by atoms with van der Waals surface area (Å²) < 4.78 is 0. The van der Waals surface area contributed by atoms with E-state index in [1.54, 1.807) is 11.0 Å². The van der Waals surface area contributed by atoms with Gasteiger partial charge in [-0.15, -0.1) is 0 Å². The molecule has 2 aliphatic rings. The van der Waals surface area contributed by atoms with Crippen molar-refractivity contribution >= 4 is 11.7 Å². The Hall–Kier alpha value is -1.62. The number of anilines is 1. The Balaban J connectivity index is 1.88. The van der Waals surface area contributed by atoms with Crippen LogP contribution in [0.25, 0.3) is 0 Å². The van der Waals surface area contributed by atoms with Crippen molar-refractivity contribution in [2.24, 2.45) is 5.92 Å². The van der Waals surface area contributed by atoms with E-state index in [1.165, 1.54) is 6.20 Å². The van der Waals surface area contributed by atoms with E-state index in [4.69, 9.17) is 5.11 Å². The molecule has 1 aromatic heterocycles. The smallest absolute Gasteiger partial charge is 0.228 e. The van der Waals surface area contributed by atoms with Crippen molar-refractivity contribution in [2.75, 3.05) is 11.5 Å². The standard InChI is InChI=1S/C13H16N2O3/c16-7-8-3-10(4-8)15-12(18)2-1-9-5-11(17)6-14-13(9)15/h5-6,8,10,16-17H,1-4,7H2. The molecule has 0 atom stereocenters. The van der Waals surface area contributed by atoms with E-state index in [0.29, 0.717) is 24.6 Å². The summed E-state index contributed by atoms with van der Waals surface area (Å²) in [5.74, 6) is 1.24. The summed E-state index contributed by atoms with van der Waals surface area (Å²) >= 11 is 0. The van der Waals surface area contributed by atoms with E-state index in [1.807, 2.05) is 0 Å². The zero-order valence-corrected chi connectivity index (χ0v) is 10.0. The maximum absolute atomic E-state index is 12.0. The summed E-state index contributed by atoms with van der Waals surface area (Å²) in [5.41, 5.74) is 0.932. The number of aromatic nitrogens is 1. The van der Waals surface area contributed by atoms with E-state index in [9.17, 15) is 9.90 Å². The summed E-state index contributed by atoms with van der Waals surface area (Å²) in [6, 6.07) is 1.84. The normalized spacial score (nSPS) is 26.7. The number of aryl methyl sites for hydroxylation is 1. The highest BCUT2D eigenvalue weighted by Crippen LogP contribution is 2.38. The Kier molecular flexibility index (Phi) is 2.70. The molecule has 0 saturated heterocycles. The number of aromatic hydroxyl groups is 1. The molecule has 18 heavy (non-hydrogen) atoms. The van der Waals surface area contributed by atoms with E-state index in [0.717, 1.165) is 18.4 Å². The minimum Gasteiger partial charge on any atom is -0.506 e. The Morgan fingerprint density at radius 2 is 2.17 bits per heavy atom. The van der Waals surface area contributed by atoms with Crippen molar-refractivity contribution in [1.29, 1.82) is 0 Å². The molecular weight excluding hydrogens is 232 g/mol. The van der Waals surface area contributed by atoms with Crippen molar-refractivity contribution < 1.29 is 15.0 Å². The molecule has 2 N–H and O–H groups in total. The van der Waals surface area contributed by atoms with Crippen molar-refractivity contribution in [3.05, 3.63) is 17.8 Å². The van der Waals surface area contributed by atoms with Crippen LogP contribution >= 0.6 is 0 Å². The lowest BCUT2D eigenvalue weighted by atomic mass is 9.79. The zero-order valence-electron chi connectivity index (χ0n) is 10.0. The van der Waals surface area contributed by atoms with Gasteiger partial charge in [0.05, 0.1) is 6.20 Å². The van der Waals surface area contributed by atoms with E-state index >= 15 is 0 Å². The molecule has 1 aromatic rings. The van der Waals surface area contributed by atoms with E-state index in [2.05, 4.69) is 4.98 Å². The van der Waals surface area contributed by atoms with Crippen LogP contribution in [0.1, 0.15) is 24.8 Å². The summed E-state index contributed by atoms with van der Waals surface area (Å²) in [4.78, 5) is 18.0. The number of carbonyl (C=O) groups is 1. The Morgan fingerprint density at radius 1 is 1.39 bits per heavy atom. The number of hydrogen-bond acceptors (Lipinski definition) is 4. The molecule has 0 spiro atoms. The fourth-order valence-corrected chi connectivity index (χ4v) is 2.81. The topological polar surface area (TPSA) is 73.7 Å². The number of nitrogens with zero attached hydrogens (tertiary/aromatic N) is 2. The first-order valence-electron chi connectivity index (χ1n) is 6.30. The molecule has 0 unspecified atom stereocenters. The molecule has 1 aliphatic heterocycles. The second kappa shape index (κ2) is 4.24. The van der Waals surface area contributed by atoms with E-state index < -0.39 is 0 Å². The van der Waals surface area contributed by atoms with Gasteiger partial charge in [0, 0.05) is 19.1 Å². The molecule has 1 fully saturated rings. The lowest BCUT2D eigenvalue weighted by molar-refractivity contribution is -0.120. The van der Waals surface area contributed by atoms with Gasteiger partial charge in [-0.2, -0.15) is 0 Å². The third kappa shape index (κ3) is 1.75. The minimum absolute atomic E-state index is 0.0991. The van der Waals surface area contributed by atoms with Crippen molar-refractivity contribution in [3.8, 4) is 5.75 Å². The van der Waals surface area contributed by atoms with Crippen LogP contribution in [0.2, 0.25) is 0 Å². The average Bonchev–Trinajstić information content (AvgIpc) is 2.30.